The van der Waals surface area contributed by atoms with Crippen molar-refractivity contribution in [2.45, 2.75) is 38.1 Å². The maximum Gasteiger partial charge on any atom is 0.0969 e. The molecule has 1 aliphatic carbocycles. The molecular formula is C12H22N4O3. The van der Waals surface area contributed by atoms with Crippen molar-refractivity contribution >= 4 is 0 Å². The predicted octanol–water partition coefficient (Wildman–Crippen LogP) is -0.446. The topological polar surface area (TPSA) is 81.4 Å². The highest BCUT2D eigenvalue weighted by molar-refractivity contribution is 4.94. The molecule has 108 valence electrons. The van der Waals surface area contributed by atoms with Gasteiger partial charge < -0.3 is 19.9 Å². The summed E-state index contributed by atoms with van der Waals surface area (Å²) in [5.74, 6) is 0. The van der Waals surface area contributed by atoms with Crippen molar-refractivity contribution in [2.75, 3.05) is 26.9 Å². The van der Waals surface area contributed by atoms with E-state index in [0.29, 0.717) is 25.8 Å². The molecule has 2 rings (SSSR count). The fourth-order valence-corrected chi connectivity index (χ4v) is 1.68. The van der Waals surface area contributed by atoms with E-state index < -0.39 is 6.10 Å². The third-order valence-electron chi connectivity index (χ3n) is 2.88. The number of hydrogen-bond acceptors (Lipinski definition) is 6. The number of rotatable bonds is 10. The third-order valence-corrected chi connectivity index (χ3v) is 2.88. The first-order valence-electron chi connectivity index (χ1n) is 6.65. The van der Waals surface area contributed by atoms with Crippen LogP contribution in [0.3, 0.4) is 0 Å². The summed E-state index contributed by atoms with van der Waals surface area (Å²) in [4.78, 5) is 0. The molecule has 1 atom stereocenters. The highest BCUT2D eigenvalue weighted by Crippen LogP contribution is 2.18. The van der Waals surface area contributed by atoms with Gasteiger partial charge in [-0.1, -0.05) is 5.21 Å². The minimum atomic E-state index is -0.581. The van der Waals surface area contributed by atoms with E-state index in [1.165, 1.54) is 12.8 Å². The quantitative estimate of drug-likeness (QED) is 0.561. The molecule has 1 saturated carbocycles. The van der Waals surface area contributed by atoms with E-state index in [2.05, 4.69) is 15.6 Å². The van der Waals surface area contributed by atoms with Gasteiger partial charge in [0.2, 0.25) is 0 Å². The molecule has 19 heavy (non-hydrogen) atoms. The highest BCUT2D eigenvalue weighted by Gasteiger charge is 2.20. The average molecular weight is 270 g/mol. The summed E-state index contributed by atoms with van der Waals surface area (Å²) in [7, 11) is 1.62. The van der Waals surface area contributed by atoms with Crippen molar-refractivity contribution in [2.24, 2.45) is 0 Å². The number of aromatic nitrogens is 3. The monoisotopic (exact) mass is 270 g/mol. The maximum atomic E-state index is 9.77. The smallest absolute Gasteiger partial charge is 0.0969 e. The minimum Gasteiger partial charge on any atom is -0.389 e. The van der Waals surface area contributed by atoms with Crippen LogP contribution in [0.25, 0.3) is 0 Å². The van der Waals surface area contributed by atoms with E-state index in [1.807, 2.05) is 6.20 Å². The molecule has 0 amide bonds. The van der Waals surface area contributed by atoms with Crippen LogP contribution in [0.1, 0.15) is 18.5 Å². The molecule has 0 aromatic carbocycles. The van der Waals surface area contributed by atoms with Crippen molar-refractivity contribution in [3.8, 4) is 0 Å². The summed E-state index contributed by atoms with van der Waals surface area (Å²) in [6.07, 6.45) is 3.79. The van der Waals surface area contributed by atoms with Gasteiger partial charge in [-0.2, -0.15) is 0 Å². The second-order valence-electron chi connectivity index (χ2n) is 4.81. The lowest BCUT2D eigenvalue weighted by Gasteiger charge is -2.10. The van der Waals surface area contributed by atoms with Gasteiger partial charge in [-0.15, -0.1) is 5.10 Å². The lowest BCUT2D eigenvalue weighted by atomic mass is 10.4. The summed E-state index contributed by atoms with van der Waals surface area (Å²) < 4.78 is 11.8. The highest BCUT2D eigenvalue weighted by atomic mass is 16.5. The van der Waals surface area contributed by atoms with Gasteiger partial charge in [-0.05, 0) is 12.8 Å². The Bertz CT molecular complexity index is 368. The molecule has 1 aromatic rings. The number of nitrogens with zero attached hydrogens (tertiary/aromatic N) is 3. The van der Waals surface area contributed by atoms with E-state index >= 15 is 0 Å². The van der Waals surface area contributed by atoms with Gasteiger partial charge in [0.1, 0.15) is 0 Å². The van der Waals surface area contributed by atoms with Crippen molar-refractivity contribution in [3.63, 3.8) is 0 Å². The van der Waals surface area contributed by atoms with Crippen molar-refractivity contribution in [1.82, 2.24) is 20.3 Å². The molecule has 1 heterocycles. The largest absolute Gasteiger partial charge is 0.389 e. The fraction of sp³-hybridized carbons (Fsp3) is 0.833. The van der Waals surface area contributed by atoms with E-state index in [4.69, 9.17) is 9.47 Å². The zero-order valence-corrected chi connectivity index (χ0v) is 11.3. The van der Waals surface area contributed by atoms with Crippen LogP contribution in [0, 0.1) is 0 Å². The Morgan fingerprint density at radius 1 is 1.53 bits per heavy atom. The molecule has 2 N–H and O–H groups in total. The number of ether oxygens (including phenoxy) is 2. The molecule has 7 heteroatoms. The van der Waals surface area contributed by atoms with Gasteiger partial charge in [-0.3, -0.25) is 0 Å². The Labute approximate surface area is 112 Å². The van der Waals surface area contributed by atoms with Gasteiger partial charge in [0.05, 0.1) is 38.2 Å². The summed E-state index contributed by atoms with van der Waals surface area (Å²) in [5.41, 5.74) is 0.902. The molecule has 0 spiro atoms. The number of methoxy groups -OCH3 is 1. The molecule has 1 unspecified atom stereocenters. The SMILES string of the molecule is COCCOCC(O)Cn1cc(CNC2CC2)nn1. The molecule has 0 radical (unpaired) electrons. The standard InChI is InChI=1S/C12H22N4O3/c1-18-4-5-19-9-12(17)8-16-7-11(14-15-16)6-13-10-2-3-10/h7,10,12-13,17H,2-6,8-9H2,1H3. The summed E-state index contributed by atoms with van der Waals surface area (Å²) >= 11 is 0. The second kappa shape index (κ2) is 7.54. The zero-order valence-electron chi connectivity index (χ0n) is 11.3. The lowest BCUT2D eigenvalue weighted by molar-refractivity contribution is 0.00579. The molecular weight excluding hydrogens is 248 g/mol. The Balaban J connectivity index is 1.63. The number of nitrogens with one attached hydrogen (secondary N) is 1. The number of aliphatic hydroxyl groups is 1. The molecule has 1 fully saturated rings. The van der Waals surface area contributed by atoms with E-state index in [-0.39, 0.29) is 6.61 Å². The summed E-state index contributed by atoms with van der Waals surface area (Å²) in [6.45, 7) is 2.43. The number of hydrogen-bond donors (Lipinski definition) is 2. The van der Waals surface area contributed by atoms with Crippen molar-refractivity contribution in [3.05, 3.63) is 11.9 Å². The van der Waals surface area contributed by atoms with Gasteiger partial charge in [0.25, 0.3) is 0 Å². The first kappa shape index (κ1) is 14.4. The zero-order chi connectivity index (χ0) is 13.5. The summed E-state index contributed by atoms with van der Waals surface area (Å²) in [6, 6.07) is 0.657. The molecule has 7 nitrogen and oxygen atoms in total. The Hall–Kier alpha value is -1.02. The number of aliphatic hydroxyl groups excluding tert-OH is 1. The molecule has 0 aliphatic heterocycles. The summed E-state index contributed by atoms with van der Waals surface area (Å²) in [5, 5.41) is 21.2. The van der Waals surface area contributed by atoms with Crippen LogP contribution in [0.15, 0.2) is 6.20 Å². The van der Waals surface area contributed by atoms with Crippen LogP contribution in [0.5, 0.6) is 0 Å². The van der Waals surface area contributed by atoms with Crippen LogP contribution in [0.4, 0.5) is 0 Å². The molecule has 1 aromatic heterocycles. The van der Waals surface area contributed by atoms with Gasteiger partial charge in [0, 0.05) is 25.9 Å². The predicted molar refractivity (Wildman–Crippen MR) is 68.6 cm³/mol. The van der Waals surface area contributed by atoms with Gasteiger partial charge in [0.15, 0.2) is 0 Å². The van der Waals surface area contributed by atoms with Crippen molar-refractivity contribution in [1.29, 1.82) is 0 Å². The third kappa shape index (κ3) is 5.65. The van der Waals surface area contributed by atoms with Crippen molar-refractivity contribution < 1.29 is 14.6 Å². The average Bonchev–Trinajstić information content (AvgIpc) is 3.13. The Morgan fingerprint density at radius 2 is 2.37 bits per heavy atom. The minimum absolute atomic E-state index is 0.277. The van der Waals surface area contributed by atoms with Crippen LogP contribution in [0.2, 0.25) is 0 Å². The van der Waals surface area contributed by atoms with Gasteiger partial charge in [-0.25, -0.2) is 4.68 Å². The normalized spacial score (nSPS) is 16.7. The first-order chi connectivity index (χ1) is 9.28. The maximum absolute atomic E-state index is 9.77. The van der Waals surface area contributed by atoms with Crippen LogP contribution < -0.4 is 5.32 Å². The Kier molecular flexibility index (Phi) is 5.71. The van der Waals surface area contributed by atoms with Gasteiger partial charge >= 0.3 is 0 Å². The first-order valence-corrected chi connectivity index (χ1v) is 6.65. The molecule has 0 bridgehead atoms. The van der Waals surface area contributed by atoms with E-state index in [1.54, 1.807) is 11.8 Å². The van der Waals surface area contributed by atoms with Crippen LogP contribution >= 0.6 is 0 Å². The molecule has 1 aliphatic rings. The van der Waals surface area contributed by atoms with Crippen LogP contribution in [-0.4, -0.2) is 59.2 Å². The Morgan fingerprint density at radius 3 is 3.11 bits per heavy atom. The molecule has 0 saturated heterocycles. The van der Waals surface area contributed by atoms with E-state index in [0.717, 1.165) is 12.2 Å². The second-order valence-corrected chi connectivity index (χ2v) is 4.81. The lowest BCUT2D eigenvalue weighted by Crippen LogP contribution is -2.23. The fourth-order valence-electron chi connectivity index (χ4n) is 1.68. The van der Waals surface area contributed by atoms with Crippen LogP contribution in [-0.2, 0) is 22.6 Å². The van der Waals surface area contributed by atoms with E-state index in [9.17, 15) is 5.11 Å².